The third-order valence-electron chi connectivity index (χ3n) is 1.12. The second-order valence-electron chi connectivity index (χ2n) is 2.30. The fourth-order valence-electron chi connectivity index (χ4n) is 0.589. The summed E-state index contributed by atoms with van der Waals surface area (Å²) in [5.74, 6) is 0.609. The maximum absolute atomic E-state index is 4.13. The fraction of sp³-hybridized carbons (Fsp3) is 0.400. The Morgan fingerprint density at radius 3 is 2.62 bits per heavy atom. The van der Waals surface area contributed by atoms with E-state index in [4.69, 9.17) is 0 Å². The molecular weight excluding hydrogens is 162 g/mol. The molecular formula is C10H17N3. The van der Waals surface area contributed by atoms with Crippen LogP contribution in [-0.4, -0.2) is 12.2 Å². The molecule has 0 aliphatic heterocycles. The lowest BCUT2D eigenvalue weighted by atomic mass is 10.5. The van der Waals surface area contributed by atoms with Gasteiger partial charge in [-0.15, -0.1) is 0 Å². The first-order valence-corrected chi connectivity index (χ1v) is 4.44. The van der Waals surface area contributed by atoms with Gasteiger partial charge >= 0.3 is 0 Å². The zero-order valence-electron chi connectivity index (χ0n) is 8.49. The van der Waals surface area contributed by atoms with Crippen LogP contribution >= 0.6 is 0 Å². The summed E-state index contributed by atoms with van der Waals surface area (Å²) in [4.78, 5) is 8.22. The maximum atomic E-state index is 4.13. The molecule has 3 nitrogen and oxygen atoms in total. The highest BCUT2D eigenvalue weighted by Gasteiger charge is 1.86. The average Bonchev–Trinajstić information content (AvgIpc) is 2.17. The Morgan fingerprint density at radius 2 is 2.08 bits per heavy atom. The lowest BCUT2D eigenvalue weighted by molar-refractivity contribution is 1.20. The van der Waals surface area contributed by atoms with Crippen molar-refractivity contribution >= 4 is 12.2 Å². The van der Waals surface area contributed by atoms with Crippen molar-refractivity contribution in [1.82, 2.24) is 5.32 Å². The van der Waals surface area contributed by atoms with Crippen LogP contribution in [0.1, 0.15) is 27.2 Å². The molecule has 0 fully saturated rings. The second-order valence-corrected chi connectivity index (χ2v) is 2.30. The summed E-state index contributed by atoms with van der Waals surface area (Å²) >= 11 is 0. The Kier molecular flexibility index (Phi) is 7.79. The normalized spacial score (nSPS) is 13.6. The molecule has 0 aliphatic carbocycles. The van der Waals surface area contributed by atoms with Crippen LogP contribution in [0.25, 0.3) is 0 Å². The van der Waals surface area contributed by atoms with Crippen molar-refractivity contribution in [2.45, 2.75) is 27.2 Å². The molecule has 1 N–H and O–H groups in total. The van der Waals surface area contributed by atoms with Gasteiger partial charge in [0.1, 0.15) is 0 Å². The molecule has 72 valence electrons. The number of guanidine groups is 1. The SMILES string of the molecule is CC=CN=C(N=CCC)NC=CC. The van der Waals surface area contributed by atoms with E-state index in [2.05, 4.69) is 15.3 Å². The van der Waals surface area contributed by atoms with E-state index in [0.717, 1.165) is 6.42 Å². The predicted molar refractivity (Wildman–Crippen MR) is 59.0 cm³/mol. The number of hydrogen-bond acceptors (Lipinski definition) is 1. The molecule has 0 radical (unpaired) electrons. The molecule has 0 saturated heterocycles. The van der Waals surface area contributed by atoms with Crippen LogP contribution in [-0.2, 0) is 0 Å². The van der Waals surface area contributed by atoms with Gasteiger partial charge in [0.05, 0.1) is 0 Å². The number of hydrogen-bond donors (Lipinski definition) is 1. The molecule has 0 bridgehead atoms. The first-order chi connectivity index (χ1) is 6.35. The minimum Gasteiger partial charge on any atom is -0.331 e. The van der Waals surface area contributed by atoms with E-state index in [-0.39, 0.29) is 0 Å². The van der Waals surface area contributed by atoms with E-state index in [1.165, 1.54) is 0 Å². The van der Waals surface area contributed by atoms with Crippen LogP contribution in [0.4, 0.5) is 0 Å². The van der Waals surface area contributed by atoms with Gasteiger partial charge < -0.3 is 5.32 Å². The van der Waals surface area contributed by atoms with Crippen molar-refractivity contribution < 1.29 is 0 Å². The van der Waals surface area contributed by atoms with Crippen molar-refractivity contribution in [1.29, 1.82) is 0 Å². The molecule has 0 unspecified atom stereocenters. The molecule has 0 heterocycles. The zero-order chi connectivity index (χ0) is 9.94. The van der Waals surface area contributed by atoms with Crippen LogP contribution in [0.5, 0.6) is 0 Å². The smallest absolute Gasteiger partial charge is 0.226 e. The molecule has 3 heteroatoms. The van der Waals surface area contributed by atoms with Gasteiger partial charge in [-0.25, -0.2) is 9.98 Å². The van der Waals surface area contributed by atoms with Gasteiger partial charge in [0.25, 0.3) is 0 Å². The number of nitrogens with one attached hydrogen (secondary N) is 1. The van der Waals surface area contributed by atoms with Crippen LogP contribution in [0.15, 0.2) is 34.5 Å². The molecule has 0 aromatic heterocycles. The Labute approximate surface area is 80.0 Å². The zero-order valence-corrected chi connectivity index (χ0v) is 8.49. The van der Waals surface area contributed by atoms with E-state index in [1.54, 1.807) is 12.4 Å². The summed E-state index contributed by atoms with van der Waals surface area (Å²) in [5, 5.41) is 2.96. The Bertz CT molecular complexity index is 224. The van der Waals surface area contributed by atoms with Gasteiger partial charge in [0.15, 0.2) is 0 Å². The quantitative estimate of drug-likeness (QED) is 0.524. The van der Waals surface area contributed by atoms with Crippen molar-refractivity contribution in [3.05, 3.63) is 24.6 Å². The van der Waals surface area contributed by atoms with E-state index < -0.39 is 0 Å². The topological polar surface area (TPSA) is 36.8 Å². The minimum atomic E-state index is 0.609. The third-order valence-corrected chi connectivity index (χ3v) is 1.12. The molecule has 13 heavy (non-hydrogen) atoms. The highest BCUT2D eigenvalue weighted by molar-refractivity contribution is 5.88. The van der Waals surface area contributed by atoms with Crippen LogP contribution in [0.2, 0.25) is 0 Å². The van der Waals surface area contributed by atoms with Crippen molar-refractivity contribution in [3.63, 3.8) is 0 Å². The number of aliphatic imine (C=N–C) groups is 2. The Morgan fingerprint density at radius 1 is 1.31 bits per heavy atom. The van der Waals surface area contributed by atoms with E-state index >= 15 is 0 Å². The summed E-state index contributed by atoms with van der Waals surface area (Å²) in [5.41, 5.74) is 0. The Hall–Kier alpha value is -1.38. The monoisotopic (exact) mass is 179 g/mol. The summed E-state index contributed by atoms with van der Waals surface area (Å²) in [6, 6.07) is 0. The number of allylic oxidation sites excluding steroid dienone is 2. The van der Waals surface area contributed by atoms with Crippen molar-refractivity contribution in [2.24, 2.45) is 9.98 Å². The van der Waals surface area contributed by atoms with Crippen LogP contribution in [0.3, 0.4) is 0 Å². The van der Waals surface area contributed by atoms with E-state index in [9.17, 15) is 0 Å². The van der Waals surface area contributed by atoms with Gasteiger partial charge in [-0.3, -0.25) is 0 Å². The highest BCUT2D eigenvalue weighted by Crippen LogP contribution is 1.82. The van der Waals surface area contributed by atoms with Gasteiger partial charge in [0, 0.05) is 12.4 Å². The minimum absolute atomic E-state index is 0.609. The summed E-state index contributed by atoms with van der Waals surface area (Å²) in [6.07, 6.45) is 9.99. The van der Waals surface area contributed by atoms with E-state index in [0.29, 0.717) is 5.96 Å². The average molecular weight is 179 g/mol. The number of nitrogens with zero attached hydrogens (tertiary/aromatic N) is 2. The largest absolute Gasteiger partial charge is 0.331 e. The van der Waals surface area contributed by atoms with Gasteiger partial charge in [-0.05, 0) is 26.5 Å². The molecule has 0 aliphatic rings. The summed E-state index contributed by atoms with van der Waals surface area (Å²) < 4.78 is 0. The third kappa shape index (κ3) is 7.00. The molecule has 0 spiro atoms. The van der Waals surface area contributed by atoms with E-state index in [1.807, 2.05) is 39.1 Å². The Balaban J connectivity index is 4.26. The standard InChI is InChI=1S/C10H17N3/c1-4-7-11-10(12-8-5-2)13-9-6-3/h4-5,7-9H,6H2,1-3H3,(H,11,12). The molecule has 0 aromatic rings. The summed E-state index contributed by atoms with van der Waals surface area (Å²) in [7, 11) is 0. The van der Waals surface area contributed by atoms with Crippen molar-refractivity contribution in [3.8, 4) is 0 Å². The van der Waals surface area contributed by atoms with Crippen LogP contribution < -0.4 is 5.32 Å². The summed E-state index contributed by atoms with van der Waals surface area (Å²) in [6.45, 7) is 5.89. The van der Waals surface area contributed by atoms with Crippen molar-refractivity contribution in [2.75, 3.05) is 0 Å². The second kappa shape index (κ2) is 8.71. The molecule has 0 atom stereocenters. The molecule has 0 rings (SSSR count). The van der Waals surface area contributed by atoms with Gasteiger partial charge in [-0.2, -0.15) is 0 Å². The fourth-order valence-corrected chi connectivity index (χ4v) is 0.589. The maximum Gasteiger partial charge on any atom is 0.226 e. The first-order valence-electron chi connectivity index (χ1n) is 4.44. The first kappa shape index (κ1) is 11.6. The predicted octanol–water partition coefficient (Wildman–Crippen LogP) is 2.48. The lowest BCUT2D eigenvalue weighted by Gasteiger charge is -1.96. The number of rotatable bonds is 3. The highest BCUT2D eigenvalue weighted by atomic mass is 15.1. The van der Waals surface area contributed by atoms with Gasteiger partial charge in [0.2, 0.25) is 5.96 Å². The molecule has 0 aromatic carbocycles. The van der Waals surface area contributed by atoms with Crippen LogP contribution in [0, 0.1) is 0 Å². The molecule has 0 amide bonds. The molecule has 0 saturated carbocycles. The van der Waals surface area contributed by atoms with Gasteiger partial charge in [-0.1, -0.05) is 19.1 Å². The lowest BCUT2D eigenvalue weighted by Crippen LogP contribution is -2.14.